The molecule has 1 aliphatic carbocycles. The summed E-state index contributed by atoms with van der Waals surface area (Å²) in [6.07, 6.45) is 10.5. The van der Waals surface area contributed by atoms with Crippen molar-refractivity contribution >= 4 is 44.8 Å². The number of nitrogens with zero attached hydrogens (tertiary/aromatic N) is 3. The summed E-state index contributed by atoms with van der Waals surface area (Å²) in [5.41, 5.74) is 2.84. The van der Waals surface area contributed by atoms with Gasteiger partial charge in [-0.15, -0.1) is 0 Å². The molecule has 3 N–H and O–H groups in total. The molecule has 4 aromatic rings. The molecule has 2 fully saturated rings. The van der Waals surface area contributed by atoms with E-state index in [9.17, 15) is 13.8 Å². The number of anilines is 3. The van der Waals surface area contributed by atoms with Crippen LogP contribution in [0.3, 0.4) is 0 Å². The van der Waals surface area contributed by atoms with E-state index in [1.54, 1.807) is 24.6 Å². The molecule has 10 nitrogen and oxygen atoms in total. The van der Waals surface area contributed by atoms with Crippen LogP contribution in [-0.2, 0) is 20.3 Å². The second kappa shape index (κ2) is 10.1. The van der Waals surface area contributed by atoms with Crippen LogP contribution in [0.1, 0.15) is 31.7 Å². The second-order valence-electron chi connectivity index (χ2n) is 9.70. The SMILES string of the molecule is CS(=O)c1c(Nc2cc(NC(=O)C3CC3)nc3cc[nH]c(=O)c23)cccc1-c1cnn(C2CCOCC2)c1. The summed E-state index contributed by atoms with van der Waals surface area (Å²) in [7, 11) is -1.36. The number of benzene rings is 1. The predicted molar refractivity (Wildman–Crippen MR) is 146 cm³/mol. The van der Waals surface area contributed by atoms with Gasteiger partial charge in [0.05, 0.1) is 50.2 Å². The highest BCUT2D eigenvalue weighted by Gasteiger charge is 2.30. The Morgan fingerprint density at radius 3 is 2.74 bits per heavy atom. The molecule has 0 spiro atoms. The summed E-state index contributed by atoms with van der Waals surface area (Å²) in [5, 5.41) is 11.1. The largest absolute Gasteiger partial charge is 0.381 e. The lowest BCUT2D eigenvalue weighted by Gasteiger charge is -2.22. The van der Waals surface area contributed by atoms with Crippen molar-refractivity contribution in [1.82, 2.24) is 19.7 Å². The molecule has 6 rings (SSSR count). The van der Waals surface area contributed by atoms with E-state index >= 15 is 0 Å². The molecule has 0 bridgehead atoms. The Balaban J connectivity index is 1.40. The van der Waals surface area contributed by atoms with Crippen LogP contribution in [0.2, 0.25) is 0 Å². The predicted octanol–water partition coefficient (Wildman–Crippen LogP) is 3.97. The topological polar surface area (TPSA) is 131 Å². The van der Waals surface area contributed by atoms with Crippen LogP contribution in [0.5, 0.6) is 0 Å². The fourth-order valence-electron chi connectivity index (χ4n) is 4.87. The number of ether oxygens (including phenoxy) is 1. The molecule has 1 atom stereocenters. The fourth-order valence-corrected chi connectivity index (χ4v) is 5.80. The number of amides is 1. The lowest BCUT2D eigenvalue weighted by Crippen LogP contribution is -2.19. The highest BCUT2D eigenvalue weighted by atomic mass is 32.2. The van der Waals surface area contributed by atoms with Gasteiger partial charge >= 0.3 is 0 Å². The Hall–Kier alpha value is -3.83. The number of carbonyl (C=O) groups is 1. The first-order valence-corrected chi connectivity index (χ1v) is 14.2. The minimum atomic E-state index is -1.36. The van der Waals surface area contributed by atoms with Crippen molar-refractivity contribution < 1.29 is 13.7 Å². The van der Waals surface area contributed by atoms with Crippen molar-refractivity contribution in [2.75, 3.05) is 30.1 Å². The Morgan fingerprint density at radius 2 is 1.97 bits per heavy atom. The number of aromatic amines is 1. The average Bonchev–Trinajstić information content (AvgIpc) is 3.65. The van der Waals surface area contributed by atoms with Crippen LogP contribution >= 0.6 is 0 Å². The van der Waals surface area contributed by atoms with E-state index in [0.29, 0.717) is 46.2 Å². The first-order chi connectivity index (χ1) is 18.5. The van der Waals surface area contributed by atoms with Crippen LogP contribution in [0, 0.1) is 5.92 Å². The average molecular weight is 533 g/mol. The van der Waals surface area contributed by atoms with Gasteiger partial charge in [-0.25, -0.2) is 4.98 Å². The summed E-state index contributed by atoms with van der Waals surface area (Å²) >= 11 is 0. The summed E-state index contributed by atoms with van der Waals surface area (Å²) in [4.78, 5) is 33.0. The normalized spacial score (nSPS) is 16.9. The molecule has 38 heavy (non-hydrogen) atoms. The molecule has 4 heterocycles. The van der Waals surface area contributed by atoms with Crippen LogP contribution < -0.4 is 16.2 Å². The molecule has 3 aromatic heterocycles. The van der Waals surface area contributed by atoms with E-state index in [1.807, 2.05) is 29.1 Å². The van der Waals surface area contributed by atoms with Gasteiger partial charge in [0.25, 0.3) is 5.56 Å². The van der Waals surface area contributed by atoms with Gasteiger partial charge in [0, 0.05) is 55.0 Å². The Morgan fingerprint density at radius 1 is 1.16 bits per heavy atom. The zero-order valence-corrected chi connectivity index (χ0v) is 21.7. The number of pyridine rings is 2. The molecular weight excluding hydrogens is 504 g/mol. The van der Waals surface area contributed by atoms with Crippen molar-refractivity contribution in [3.05, 3.63) is 59.3 Å². The number of fused-ring (bicyclic) bond motifs is 1. The molecule has 2 aliphatic rings. The second-order valence-corrected chi connectivity index (χ2v) is 11.0. The van der Waals surface area contributed by atoms with E-state index < -0.39 is 10.8 Å². The molecule has 1 saturated heterocycles. The van der Waals surface area contributed by atoms with Crippen molar-refractivity contribution in [1.29, 1.82) is 0 Å². The van der Waals surface area contributed by atoms with Gasteiger partial charge in [0.2, 0.25) is 5.91 Å². The molecule has 1 amide bonds. The van der Waals surface area contributed by atoms with Crippen molar-refractivity contribution in [2.24, 2.45) is 5.92 Å². The standard InChI is InChI=1S/C27H28N6O4S/c1-38(36)25-19(17-14-29-33(15-17)18-8-11-37-12-9-18)3-2-4-21(25)30-22-13-23(32-26(34)16-5-6-16)31-20-7-10-28-27(35)24(20)22/h2-4,7,10,13-16,18H,5-6,8-9,11-12H2,1H3,(H,28,35)(H2,30,31,32,34). The number of nitrogens with one attached hydrogen (secondary N) is 3. The van der Waals surface area contributed by atoms with Crippen molar-refractivity contribution in [3.63, 3.8) is 0 Å². The monoisotopic (exact) mass is 532 g/mol. The summed E-state index contributed by atoms with van der Waals surface area (Å²) < 4.78 is 20.5. The van der Waals surface area contributed by atoms with Gasteiger partial charge in [-0.1, -0.05) is 12.1 Å². The number of aromatic nitrogens is 4. The van der Waals surface area contributed by atoms with Crippen molar-refractivity contribution in [3.8, 4) is 11.1 Å². The van der Waals surface area contributed by atoms with E-state index in [2.05, 4.69) is 25.7 Å². The molecule has 1 unspecified atom stereocenters. The quantitative estimate of drug-likeness (QED) is 0.328. The van der Waals surface area contributed by atoms with Gasteiger partial charge in [0.1, 0.15) is 5.82 Å². The number of H-pyrrole nitrogens is 1. The number of hydrogen-bond donors (Lipinski definition) is 3. The highest BCUT2D eigenvalue weighted by Crippen LogP contribution is 2.36. The van der Waals surface area contributed by atoms with E-state index in [0.717, 1.165) is 36.8 Å². The number of carbonyl (C=O) groups excluding carboxylic acids is 1. The van der Waals surface area contributed by atoms with Crippen LogP contribution in [0.4, 0.5) is 17.2 Å². The van der Waals surface area contributed by atoms with E-state index in [4.69, 9.17) is 4.74 Å². The molecule has 11 heteroatoms. The molecule has 1 aromatic carbocycles. The Labute approximate surface area is 221 Å². The van der Waals surface area contributed by atoms with Crippen molar-refractivity contribution in [2.45, 2.75) is 36.6 Å². The van der Waals surface area contributed by atoms with Gasteiger partial charge in [-0.3, -0.25) is 18.5 Å². The maximum atomic E-state index is 13.1. The third-order valence-electron chi connectivity index (χ3n) is 6.98. The smallest absolute Gasteiger partial charge is 0.259 e. The zero-order valence-electron chi connectivity index (χ0n) is 20.9. The summed E-state index contributed by atoms with van der Waals surface area (Å²) in [6.45, 7) is 1.43. The molecular formula is C27H28N6O4S. The van der Waals surface area contributed by atoms with Crippen LogP contribution in [0.25, 0.3) is 22.0 Å². The van der Waals surface area contributed by atoms with Gasteiger partial charge in [0.15, 0.2) is 0 Å². The first kappa shape index (κ1) is 24.5. The first-order valence-electron chi connectivity index (χ1n) is 12.7. The van der Waals surface area contributed by atoms with Gasteiger partial charge in [-0.05, 0) is 37.8 Å². The van der Waals surface area contributed by atoms with Gasteiger partial charge in [-0.2, -0.15) is 5.10 Å². The summed E-state index contributed by atoms with van der Waals surface area (Å²) in [5.74, 6) is 0.290. The molecule has 196 valence electrons. The fraction of sp³-hybridized carbons (Fsp3) is 0.333. The lowest BCUT2D eigenvalue weighted by atomic mass is 10.1. The third-order valence-corrected chi connectivity index (χ3v) is 7.99. The number of rotatable bonds is 7. The summed E-state index contributed by atoms with van der Waals surface area (Å²) in [6, 6.07) is 9.24. The van der Waals surface area contributed by atoms with Crippen LogP contribution in [0.15, 0.2) is 58.6 Å². The highest BCUT2D eigenvalue weighted by molar-refractivity contribution is 7.84. The molecule has 0 radical (unpaired) electrons. The Bertz CT molecular complexity index is 1600. The molecule has 1 aliphatic heterocycles. The van der Waals surface area contributed by atoms with E-state index in [1.165, 1.54) is 6.20 Å². The number of hydrogen-bond acceptors (Lipinski definition) is 7. The van der Waals surface area contributed by atoms with Crippen LogP contribution in [-0.4, -0.2) is 49.3 Å². The maximum absolute atomic E-state index is 13.1. The minimum absolute atomic E-state index is 0.0101. The van der Waals surface area contributed by atoms with Gasteiger partial charge < -0.3 is 20.4 Å². The maximum Gasteiger partial charge on any atom is 0.259 e. The Kier molecular flexibility index (Phi) is 6.54. The zero-order chi connectivity index (χ0) is 26.2. The molecule has 1 saturated carbocycles. The lowest BCUT2D eigenvalue weighted by molar-refractivity contribution is -0.117. The van der Waals surface area contributed by atoms with E-state index in [-0.39, 0.29) is 23.4 Å². The third kappa shape index (κ3) is 4.86. The minimum Gasteiger partial charge on any atom is -0.381 e.